The third kappa shape index (κ3) is 5.60. The SMILES string of the molecule is COC(=O)CCC(=O)OCC#CCSC(=O)[C@@]1(OC(=O)c2ccco2)[C@H](C)C[C@H]2[C@@H]3C[C@H](F)C4=CC(=O)C=C[C@]4(C)[C@@]3(F)[C@@H](O)C[C@@]21C. The number of hydrogen-bond acceptors (Lipinski definition) is 11. The molecular weight excluding hydrogens is 650 g/mol. The van der Waals surface area contributed by atoms with Gasteiger partial charge in [0.25, 0.3) is 0 Å². The molecule has 1 aromatic heterocycles. The molecule has 1 aromatic rings. The van der Waals surface area contributed by atoms with Crippen LogP contribution in [0.1, 0.15) is 63.4 Å². The minimum atomic E-state index is -2.38. The van der Waals surface area contributed by atoms with Crippen LogP contribution in [0.5, 0.6) is 0 Å². The van der Waals surface area contributed by atoms with Crippen LogP contribution in [-0.2, 0) is 33.4 Å². The first kappa shape index (κ1) is 35.5. The number of methoxy groups -OCH3 is 1. The maximum atomic E-state index is 17.7. The van der Waals surface area contributed by atoms with E-state index in [4.69, 9.17) is 13.9 Å². The Morgan fingerprint density at radius 3 is 2.54 bits per heavy atom. The summed E-state index contributed by atoms with van der Waals surface area (Å²) in [6, 6.07) is 2.87. The second-order valence-corrected chi connectivity index (χ2v) is 14.2. The number of furan rings is 1. The maximum absolute atomic E-state index is 17.7. The van der Waals surface area contributed by atoms with Gasteiger partial charge in [0.2, 0.25) is 10.9 Å². The van der Waals surface area contributed by atoms with Crippen LogP contribution in [0, 0.1) is 40.4 Å². The first-order chi connectivity index (χ1) is 22.7. The number of allylic oxidation sites excluding steroid dienone is 4. The van der Waals surface area contributed by atoms with E-state index in [9.17, 15) is 29.1 Å². The van der Waals surface area contributed by atoms with Gasteiger partial charge in [-0.15, -0.1) is 0 Å². The minimum Gasteiger partial charge on any atom is -0.469 e. The number of carbonyl (C=O) groups excluding carboxylic acids is 5. The number of aliphatic hydroxyl groups is 1. The standard InChI is InChI=1S/C35H38F2O10S/c1-20-16-22-23-18-25(36)24-17-21(38)11-12-32(24,2)34(23,37)27(39)19-33(22,3)35(20,47-30(42)26-8-7-14-45-26)31(43)48-15-6-5-13-46-29(41)10-9-28(40)44-4/h7-8,11-12,14,17,20,22-23,25,27,39H,9-10,13,15-16,18-19H2,1-4H3/t20-,22+,23+,25+,27+,32+,33+,34+,35+/m1/s1. The van der Waals surface area contributed by atoms with Gasteiger partial charge in [-0.25, -0.2) is 13.6 Å². The quantitative estimate of drug-likeness (QED) is 0.234. The highest BCUT2D eigenvalue weighted by Crippen LogP contribution is 2.72. The fourth-order valence-electron chi connectivity index (χ4n) is 8.61. The maximum Gasteiger partial charge on any atom is 0.375 e. The predicted octanol–water partition coefficient (Wildman–Crippen LogP) is 4.50. The lowest BCUT2D eigenvalue weighted by molar-refractivity contribution is -0.221. The summed E-state index contributed by atoms with van der Waals surface area (Å²) in [6.45, 7) is 4.60. The van der Waals surface area contributed by atoms with E-state index in [0.29, 0.717) is 0 Å². The van der Waals surface area contributed by atoms with Crippen molar-refractivity contribution in [2.24, 2.45) is 28.6 Å². The van der Waals surface area contributed by atoms with Gasteiger partial charge in [-0.05, 0) is 62.0 Å². The highest BCUT2D eigenvalue weighted by molar-refractivity contribution is 8.14. The fraction of sp³-hybridized carbons (Fsp3) is 0.571. The third-order valence-corrected chi connectivity index (χ3v) is 11.8. The molecule has 258 valence electrons. The molecule has 0 bridgehead atoms. The number of ketones is 1. The molecular formula is C35H38F2O10S. The molecule has 10 nitrogen and oxygen atoms in total. The lowest BCUT2D eigenvalue weighted by Crippen LogP contribution is -2.70. The average molecular weight is 689 g/mol. The highest BCUT2D eigenvalue weighted by Gasteiger charge is 2.78. The molecule has 1 heterocycles. The van der Waals surface area contributed by atoms with Gasteiger partial charge < -0.3 is 23.7 Å². The smallest absolute Gasteiger partial charge is 0.375 e. The fourth-order valence-corrected chi connectivity index (χ4v) is 9.61. The van der Waals surface area contributed by atoms with Gasteiger partial charge in [-0.2, -0.15) is 0 Å². The van der Waals surface area contributed by atoms with Gasteiger partial charge in [0, 0.05) is 22.7 Å². The molecule has 0 radical (unpaired) electrons. The normalized spacial score (nSPS) is 36.4. The van der Waals surface area contributed by atoms with Gasteiger partial charge in [0.05, 0.1) is 38.1 Å². The number of thioether (sulfide) groups is 1. The van der Waals surface area contributed by atoms with Crippen molar-refractivity contribution in [3.63, 3.8) is 0 Å². The van der Waals surface area contributed by atoms with Gasteiger partial charge in [0.1, 0.15) is 6.17 Å². The van der Waals surface area contributed by atoms with Gasteiger partial charge in [-0.3, -0.25) is 19.2 Å². The van der Waals surface area contributed by atoms with Crippen molar-refractivity contribution in [1.29, 1.82) is 0 Å². The van der Waals surface area contributed by atoms with Crippen LogP contribution < -0.4 is 0 Å². The Kier molecular flexibility index (Phi) is 9.83. The summed E-state index contributed by atoms with van der Waals surface area (Å²) < 4.78 is 54.4. The van der Waals surface area contributed by atoms with Crippen LogP contribution in [0.25, 0.3) is 0 Å². The molecule has 3 saturated carbocycles. The zero-order valence-electron chi connectivity index (χ0n) is 27.1. The van der Waals surface area contributed by atoms with E-state index >= 15 is 8.78 Å². The van der Waals surface area contributed by atoms with Crippen molar-refractivity contribution < 1.29 is 56.5 Å². The zero-order valence-corrected chi connectivity index (χ0v) is 27.9. The summed E-state index contributed by atoms with van der Waals surface area (Å²) in [5.41, 5.74) is -7.23. The number of halogens is 2. The van der Waals surface area contributed by atoms with E-state index in [-0.39, 0.29) is 55.8 Å². The van der Waals surface area contributed by atoms with Crippen LogP contribution in [0.3, 0.4) is 0 Å². The Bertz CT molecular complexity index is 1610. The Morgan fingerprint density at radius 2 is 1.85 bits per heavy atom. The summed E-state index contributed by atoms with van der Waals surface area (Å²) in [5, 5.41) is 11.2. The number of esters is 3. The van der Waals surface area contributed by atoms with Crippen LogP contribution in [0.15, 0.2) is 46.6 Å². The lowest BCUT2D eigenvalue weighted by Gasteiger charge is -2.63. The Morgan fingerprint density at radius 1 is 1.12 bits per heavy atom. The largest absolute Gasteiger partial charge is 0.469 e. The van der Waals surface area contributed by atoms with Crippen molar-refractivity contribution in [2.45, 2.75) is 76.4 Å². The molecule has 1 N–H and O–H groups in total. The van der Waals surface area contributed by atoms with E-state index in [2.05, 4.69) is 16.6 Å². The summed E-state index contributed by atoms with van der Waals surface area (Å²) in [6.07, 6.45) is 0.810. The van der Waals surface area contributed by atoms with E-state index in [1.807, 2.05) is 0 Å². The molecule has 48 heavy (non-hydrogen) atoms. The van der Waals surface area contributed by atoms with Crippen LogP contribution in [0.2, 0.25) is 0 Å². The molecule has 0 spiro atoms. The van der Waals surface area contributed by atoms with E-state index < -0.39 is 80.9 Å². The van der Waals surface area contributed by atoms with E-state index in [0.717, 1.165) is 17.8 Å². The summed E-state index contributed by atoms with van der Waals surface area (Å²) in [7, 11) is 1.21. The molecule has 3 fully saturated rings. The second-order valence-electron chi connectivity index (χ2n) is 13.3. The Hall–Kier alpha value is -3.76. The molecule has 0 aliphatic heterocycles. The zero-order chi connectivity index (χ0) is 35.1. The van der Waals surface area contributed by atoms with Crippen molar-refractivity contribution in [2.75, 3.05) is 19.5 Å². The molecule has 0 amide bonds. The number of alkyl halides is 2. The summed E-state index contributed by atoms with van der Waals surface area (Å²) in [4.78, 5) is 63.0. The number of ether oxygens (including phenoxy) is 3. The first-order valence-corrected chi connectivity index (χ1v) is 16.7. The lowest BCUT2D eigenvalue weighted by atomic mass is 9.44. The molecule has 0 aromatic carbocycles. The molecule has 4 aliphatic carbocycles. The number of hydrogen-bond donors (Lipinski definition) is 1. The second kappa shape index (κ2) is 13.3. The Labute approximate surface area is 281 Å². The van der Waals surface area contributed by atoms with Crippen LogP contribution >= 0.6 is 11.8 Å². The van der Waals surface area contributed by atoms with Gasteiger partial charge in [-0.1, -0.05) is 43.5 Å². The summed E-state index contributed by atoms with van der Waals surface area (Å²) in [5.74, 6) is 0.0880. The number of rotatable bonds is 8. The highest BCUT2D eigenvalue weighted by atomic mass is 32.2. The van der Waals surface area contributed by atoms with Crippen molar-refractivity contribution in [3.05, 3.63) is 48.0 Å². The monoisotopic (exact) mass is 688 g/mol. The molecule has 0 saturated heterocycles. The predicted molar refractivity (Wildman–Crippen MR) is 167 cm³/mol. The topological polar surface area (TPSA) is 146 Å². The van der Waals surface area contributed by atoms with Crippen molar-refractivity contribution >= 4 is 40.6 Å². The van der Waals surface area contributed by atoms with E-state index in [1.54, 1.807) is 13.8 Å². The number of carbonyl (C=O) groups is 5. The van der Waals surface area contributed by atoms with Gasteiger partial charge in [0.15, 0.2) is 23.7 Å². The molecule has 5 rings (SSSR count). The average Bonchev–Trinajstić information content (AvgIpc) is 3.66. The molecule has 0 unspecified atom stereocenters. The van der Waals surface area contributed by atoms with E-state index in [1.165, 1.54) is 44.6 Å². The Balaban J connectivity index is 1.43. The minimum absolute atomic E-state index is 0.0164. The van der Waals surface area contributed by atoms with Crippen LogP contribution in [0.4, 0.5) is 8.78 Å². The third-order valence-electron chi connectivity index (χ3n) is 10.9. The molecule has 4 aliphatic rings. The van der Waals surface area contributed by atoms with Crippen molar-refractivity contribution in [3.8, 4) is 11.8 Å². The van der Waals surface area contributed by atoms with Gasteiger partial charge >= 0.3 is 17.9 Å². The van der Waals surface area contributed by atoms with Crippen molar-refractivity contribution in [1.82, 2.24) is 0 Å². The van der Waals surface area contributed by atoms with Crippen LogP contribution in [-0.4, -0.2) is 76.9 Å². The summed E-state index contributed by atoms with van der Waals surface area (Å²) >= 11 is 0.764. The molecule has 13 heteroatoms. The molecule has 9 atom stereocenters. The number of fused-ring (bicyclic) bond motifs is 5. The number of aliphatic hydroxyl groups excluding tert-OH is 1. The first-order valence-electron chi connectivity index (χ1n) is 15.7.